The molecule has 0 radical (unpaired) electrons. The Morgan fingerprint density at radius 1 is 0.875 bits per heavy atom. The Kier molecular flexibility index (Phi) is 6.08. The fraction of sp³-hybridized carbons (Fsp3) is 0.296. The van der Waals surface area contributed by atoms with Crippen LogP contribution in [0.1, 0.15) is 30.4 Å². The topological polar surface area (TPSA) is 42.3 Å². The molecule has 1 saturated heterocycles. The van der Waals surface area contributed by atoms with Crippen molar-refractivity contribution in [1.82, 2.24) is 14.5 Å². The minimum atomic E-state index is 0.800. The Morgan fingerprint density at radius 2 is 1.62 bits per heavy atom. The van der Waals surface area contributed by atoms with E-state index >= 15 is 0 Å². The lowest BCUT2D eigenvalue weighted by atomic mass is 10.1. The van der Waals surface area contributed by atoms with Gasteiger partial charge in [-0.1, -0.05) is 30.7 Å². The van der Waals surface area contributed by atoms with Gasteiger partial charge in [-0.15, -0.1) is 0 Å². The fourth-order valence-electron chi connectivity index (χ4n) is 4.41. The highest BCUT2D eigenvalue weighted by Gasteiger charge is 2.10. The lowest BCUT2D eigenvalue weighted by molar-refractivity contribution is 0.221. The van der Waals surface area contributed by atoms with Crippen LogP contribution in [0.25, 0.3) is 16.7 Å². The fourth-order valence-corrected chi connectivity index (χ4v) is 4.41. The molecule has 5 heteroatoms. The Balaban J connectivity index is 1.22. The number of benzene rings is 3. The average molecular weight is 427 g/mol. The molecule has 0 atom stereocenters. The van der Waals surface area contributed by atoms with Crippen molar-refractivity contribution in [2.24, 2.45) is 0 Å². The first-order valence-corrected chi connectivity index (χ1v) is 11.4. The standard InChI is InChI=1S/C27H30N4O/c1-32-25-12-10-24(11-13-25)31-20-29-26-17-23(9-14-27(26)31)28-18-21-5-7-22(8-6-21)19-30-15-3-2-4-16-30/h5-14,17,20,28H,2-4,15-16,18-19H2,1H3. The second-order valence-electron chi connectivity index (χ2n) is 8.52. The highest BCUT2D eigenvalue weighted by Crippen LogP contribution is 2.23. The van der Waals surface area contributed by atoms with Crippen LogP contribution in [0, 0.1) is 0 Å². The maximum absolute atomic E-state index is 5.26. The number of aromatic nitrogens is 2. The van der Waals surface area contributed by atoms with Crippen molar-refractivity contribution in [3.63, 3.8) is 0 Å². The van der Waals surface area contributed by atoms with Crippen molar-refractivity contribution in [1.29, 1.82) is 0 Å². The van der Waals surface area contributed by atoms with Gasteiger partial charge in [-0.05, 0) is 79.5 Å². The van der Waals surface area contributed by atoms with E-state index < -0.39 is 0 Å². The van der Waals surface area contributed by atoms with Crippen LogP contribution in [0.2, 0.25) is 0 Å². The van der Waals surface area contributed by atoms with Gasteiger partial charge < -0.3 is 10.1 Å². The number of hydrogen-bond acceptors (Lipinski definition) is 4. The summed E-state index contributed by atoms with van der Waals surface area (Å²) >= 11 is 0. The third kappa shape index (κ3) is 4.63. The zero-order valence-electron chi connectivity index (χ0n) is 18.6. The molecule has 0 bridgehead atoms. The maximum atomic E-state index is 5.26. The molecule has 32 heavy (non-hydrogen) atoms. The number of methoxy groups -OCH3 is 1. The molecule has 0 amide bonds. The van der Waals surface area contributed by atoms with Gasteiger partial charge in [-0.2, -0.15) is 0 Å². The van der Waals surface area contributed by atoms with Gasteiger partial charge in [0, 0.05) is 24.5 Å². The van der Waals surface area contributed by atoms with E-state index in [0.717, 1.165) is 41.2 Å². The van der Waals surface area contributed by atoms with Crippen LogP contribution in [0.5, 0.6) is 5.75 Å². The first kappa shape index (κ1) is 20.6. The monoisotopic (exact) mass is 426 g/mol. The van der Waals surface area contributed by atoms with Crippen LogP contribution >= 0.6 is 0 Å². The zero-order chi connectivity index (χ0) is 21.8. The molecule has 1 aliphatic heterocycles. The van der Waals surface area contributed by atoms with Gasteiger partial charge >= 0.3 is 0 Å². The molecule has 1 aromatic heterocycles. The summed E-state index contributed by atoms with van der Waals surface area (Å²) in [5, 5.41) is 3.54. The molecule has 5 rings (SSSR count). The van der Waals surface area contributed by atoms with Crippen LogP contribution in [-0.2, 0) is 13.1 Å². The van der Waals surface area contributed by atoms with E-state index in [4.69, 9.17) is 4.74 Å². The average Bonchev–Trinajstić information content (AvgIpc) is 3.28. The van der Waals surface area contributed by atoms with Crippen molar-refractivity contribution in [3.8, 4) is 11.4 Å². The molecular formula is C27H30N4O. The number of imidazole rings is 1. The summed E-state index contributed by atoms with van der Waals surface area (Å²) in [5.74, 6) is 0.851. The third-order valence-corrected chi connectivity index (χ3v) is 6.27. The van der Waals surface area contributed by atoms with Crippen LogP contribution in [0.3, 0.4) is 0 Å². The Hall–Kier alpha value is -3.31. The van der Waals surface area contributed by atoms with Gasteiger partial charge in [0.2, 0.25) is 0 Å². The van der Waals surface area contributed by atoms with Gasteiger partial charge in [0.1, 0.15) is 12.1 Å². The molecule has 4 aromatic rings. The minimum absolute atomic E-state index is 0.800. The molecule has 1 aliphatic rings. The summed E-state index contributed by atoms with van der Waals surface area (Å²) in [7, 11) is 1.68. The van der Waals surface area contributed by atoms with Crippen LogP contribution in [-0.4, -0.2) is 34.7 Å². The Morgan fingerprint density at radius 3 is 2.38 bits per heavy atom. The molecule has 1 N–H and O–H groups in total. The number of anilines is 1. The van der Waals surface area contributed by atoms with Gasteiger partial charge in [-0.25, -0.2) is 4.98 Å². The summed E-state index contributed by atoms with van der Waals surface area (Å²) in [6.07, 6.45) is 5.93. The van der Waals surface area contributed by atoms with Crippen molar-refractivity contribution in [2.45, 2.75) is 32.4 Å². The molecule has 5 nitrogen and oxygen atoms in total. The third-order valence-electron chi connectivity index (χ3n) is 6.27. The predicted molar refractivity (Wildman–Crippen MR) is 131 cm³/mol. The lowest BCUT2D eigenvalue weighted by Gasteiger charge is -2.26. The second kappa shape index (κ2) is 9.45. The van der Waals surface area contributed by atoms with Crippen molar-refractivity contribution < 1.29 is 4.74 Å². The molecule has 0 saturated carbocycles. The summed E-state index contributed by atoms with van der Waals surface area (Å²) in [5.41, 5.74) is 6.90. The first-order valence-electron chi connectivity index (χ1n) is 11.4. The van der Waals surface area contributed by atoms with E-state index in [9.17, 15) is 0 Å². The van der Waals surface area contributed by atoms with E-state index in [1.807, 2.05) is 30.6 Å². The smallest absolute Gasteiger partial charge is 0.119 e. The number of rotatable bonds is 7. The molecular weight excluding hydrogens is 396 g/mol. The number of fused-ring (bicyclic) bond motifs is 1. The summed E-state index contributed by atoms with van der Waals surface area (Å²) in [4.78, 5) is 7.17. The molecule has 0 spiro atoms. The number of ether oxygens (including phenoxy) is 1. The molecule has 3 aromatic carbocycles. The highest BCUT2D eigenvalue weighted by molar-refractivity contribution is 5.81. The van der Waals surface area contributed by atoms with Gasteiger partial charge in [0.25, 0.3) is 0 Å². The van der Waals surface area contributed by atoms with Gasteiger partial charge in [-0.3, -0.25) is 9.47 Å². The number of nitrogens with one attached hydrogen (secondary N) is 1. The SMILES string of the molecule is COc1ccc(-n2cnc3cc(NCc4ccc(CN5CCCCC5)cc4)ccc32)cc1. The van der Waals surface area contributed by atoms with Crippen molar-refractivity contribution in [3.05, 3.63) is 84.2 Å². The van der Waals surface area contributed by atoms with E-state index in [2.05, 4.69) is 62.2 Å². The quantitative estimate of drug-likeness (QED) is 0.416. The van der Waals surface area contributed by atoms with E-state index in [0.29, 0.717) is 0 Å². The summed E-state index contributed by atoms with van der Waals surface area (Å²) in [6, 6.07) is 23.4. The van der Waals surface area contributed by atoms with Gasteiger partial charge in [0.15, 0.2) is 0 Å². The lowest BCUT2D eigenvalue weighted by Crippen LogP contribution is -2.29. The largest absolute Gasteiger partial charge is 0.497 e. The Bertz CT molecular complexity index is 1160. The Labute approximate surface area is 189 Å². The van der Waals surface area contributed by atoms with E-state index in [-0.39, 0.29) is 0 Å². The maximum Gasteiger partial charge on any atom is 0.119 e. The molecule has 1 fully saturated rings. The van der Waals surface area contributed by atoms with Gasteiger partial charge in [0.05, 0.1) is 18.1 Å². The van der Waals surface area contributed by atoms with E-state index in [1.165, 1.54) is 43.5 Å². The van der Waals surface area contributed by atoms with E-state index in [1.54, 1.807) is 7.11 Å². The van der Waals surface area contributed by atoms with Crippen molar-refractivity contribution >= 4 is 16.7 Å². The molecule has 0 unspecified atom stereocenters. The predicted octanol–water partition coefficient (Wildman–Crippen LogP) is 5.63. The number of hydrogen-bond donors (Lipinski definition) is 1. The summed E-state index contributed by atoms with van der Waals surface area (Å²) < 4.78 is 7.36. The van der Waals surface area contributed by atoms with Crippen LogP contribution in [0.15, 0.2) is 73.1 Å². The minimum Gasteiger partial charge on any atom is -0.497 e. The molecule has 164 valence electrons. The molecule has 0 aliphatic carbocycles. The number of likely N-dealkylation sites (tertiary alicyclic amines) is 1. The second-order valence-corrected chi connectivity index (χ2v) is 8.52. The van der Waals surface area contributed by atoms with Crippen molar-refractivity contribution in [2.75, 3.05) is 25.5 Å². The van der Waals surface area contributed by atoms with Crippen LogP contribution < -0.4 is 10.1 Å². The normalized spacial score (nSPS) is 14.5. The summed E-state index contributed by atoms with van der Waals surface area (Å²) in [6.45, 7) is 4.34. The molecule has 2 heterocycles. The first-order chi connectivity index (χ1) is 15.8. The highest BCUT2D eigenvalue weighted by atomic mass is 16.5. The van der Waals surface area contributed by atoms with Crippen LogP contribution in [0.4, 0.5) is 5.69 Å². The number of nitrogens with zero attached hydrogens (tertiary/aromatic N) is 3. The number of piperidine rings is 1. The zero-order valence-corrected chi connectivity index (χ0v) is 18.6.